The highest BCUT2D eigenvalue weighted by Gasteiger charge is 2.64. The van der Waals surface area contributed by atoms with Crippen LogP contribution in [0.3, 0.4) is 0 Å². The lowest BCUT2D eigenvalue weighted by molar-refractivity contribution is -0.138. The topological polar surface area (TPSA) is 70.9 Å². The summed E-state index contributed by atoms with van der Waals surface area (Å²) in [6, 6.07) is 19.3. The van der Waals surface area contributed by atoms with E-state index in [1.165, 1.54) is 0 Å². The van der Waals surface area contributed by atoms with Gasteiger partial charge >= 0.3 is 0 Å². The molecule has 37 heavy (non-hydrogen) atoms. The van der Waals surface area contributed by atoms with E-state index in [2.05, 4.69) is 9.97 Å². The van der Waals surface area contributed by atoms with E-state index in [0.717, 1.165) is 33.3 Å². The van der Waals surface area contributed by atoms with E-state index in [0.29, 0.717) is 16.6 Å². The first-order chi connectivity index (χ1) is 17.8. The predicted molar refractivity (Wildman–Crippen MR) is 145 cm³/mol. The first-order valence-corrected chi connectivity index (χ1v) is 12.7. The van der Waals surface area contributed by atoms with Crippen molar-refractivity contribution in [1.29, 1.82) is 0 Å². The fraction of sp³-hybridized carbons (Fsp3) is 0.214. The summed E-state index contributed by atoms with van der Waals surface area (Å²) >= 11 is 13.5. The molecule has 2 aromatic heterocycles. The number of benzene rings is 2. The molecule has 1 saturated heterocycles. The summed E-state index contributed by atoms with van der Waals surface area (Å²) in [4.78, 5) is 23.5. The van der Waals surface area contributed by atoms with Crippen LogP contribution >= 0.6 is 23.2 Å². The average Bonchev–Trinajstić information content (AvgIpc) is 3.35. The van der Waals surface area contributed by atoms with Crippen LogP contribution in [-0.4, -0.2) is 37.8 Å². The molecule has 0 saturated carbocycles. The number of carbonyl (C=O) groups excluding carboxylic acids is 1. The number of ether oxygens (including phenoxy) is 1. The number of anilines is 1. The number of hydrogen-bond acceptors (Lipinski definition) is 6. The maximum Gasteiger partial charge on any atom is 0.251 e. The van der Waals surface area contributed by atoms with Crippen LogP contribution in [-0.2, 0) is 9.53 Å². The third-order valence-corrected chi connectivity index (χ3v) is 7.82. The van der Waals surface area contributed by atoms with E-state index in [1.54, 1.807) is 22.3 Å². The van der Waals surface area contributed by atoms with Gasteiger partial charge in [-0.25, -0.2) is 9.99 Å². The minimum Gasteiger partial charge on any atom is -0.446 e. The van der Waals surface area contributed by atoms with Gasteiger partial charge in [-0.05, 0) is 63.2 Å². The largest absolute Gasteiger partial charge is 0.446 e. The Kier molecular flexibility index (Phi) is 5.58. The molecular weight excluding hydrogens is 509 g/mol. The monoisotopic (exact) mass is 531 g/mol. The first-order valence-electron chi connectivity index (χ1n) is 11.8. The Hall–Kier alpha value is -3.68. The molecule has 0 bridgehead atoms. The van der Waals surface area contributed by atoms with Crippen LogP contribution in [0.2, 0.25) is 5.15 Å². The van der Waals surface area contributed by atoms with Gasteiger partial charge in [0.1, 0.15) is 5.15 Å². The highest BCUT2D eigenvalue weighted by atomic mass is 35.5. The molecule has 3 unspecified atom stereocenters. The van der Waals surface area contributed by atoms with Crippen LogP contribution < -0.4 is 4.90 Å². The third-order valence-electron chi connectivity index (χ3n) is 6.91. The lowest BCUT2D eigenvalue weighted by atomic mass is 9.91. The number of rotatable bonds is 4. The zero-order valence-corrected chi connectivity index (χ0v) is 21.9. The molecule has 0 aliphatic carbocycles. The lowest BCUT2D eigenvalue weighted by Gasteiger charge is -2.56. The third kappa shape index (κ3) is 3.72. The zero-order valence-electron chi connectivity index (χ0n) is 20.4. The fourth-order valence-corrected chi connectivity index (χ4v) is 5.40. The Bertz CT molecular complexity index is 1560. The van der Waals surface area contributed by atoms with Crippen molar-refractivity contribution < 1.29 is 9.53 Å². The molecule has 0 N–H and O–H groups in total. The molecule has 0 radical (unpaired) electrons. The molecule has 0 spiro atoms. The number of halogens is 2. The second kappa shape index (κ2) is 8.71. The maximum atomic E-state index is 13.1. The van der Waals surface area contributed by atoms with Crippen LogP contribution in [0.15, 0.2) is 78.2 Å². The maximum absolute atomic E-state index is 13.1. The van der Waals surface area contributed by atoms with Crippen LogP contribution in [0.4, 0.5) is 5.69 Å². The van der Waals surface area contributed by atoms with E-state index < -0.39 is 17.3 Å². The molecule has 9 heteroatoms. The Morgan fingerprint density at radius 2 is 1.68 bits per heavy atom. The lowest BCUT2D eigenvalue weighted by Crippen LogP contribution is -2.77. The van der Waals surface area contributed by atoms with Crippen LogP contribution in [0, 0.1) is 13.8 Å². The Morgan fingerprint density at radius 1 is 0.973 bits per heavy atom. The van der Waals surface area contributed by atoms with Crippen molar-refractivity contribution in [3.8, 4) is 0 Å². The van der Waals surface area contributed by atoms with Crippen LogP contribution in [0.25, 0.3) is 10.9 Å². The smallest absolute Gasteiger partial charge is 0.251 e. The van der Waals surface area contributed by atoms with Gasteiger partial charge in [-0.3, -0.25) is 14.7 Å². The van der Waals surface area contributed by atoms with Crippen molar-refractivity contribution in [2.24, 2.45) is 5.10 Å². The van der Waals surface area contributed by atoms with E-state index >= 15 is 0 Å². The van der Waals surface area contributed by atoms with E-state index in [4.69, 9.17) is 33.0 Å². The molecule has 186 valence electrons. The van der Waals surface area contributed by atoms with Gasteiger partial charge in [0, 0.05) is 29.0 Å². The molecule has 2 aliphatic heterocycles. The van der Waals surface area contributed by atoms with Crippen molar-refractivity contribution in [1.82, 2.24) is 15.0 Å². The molecule has 1 amide bonds. The number of amides is 1. The normalized spacial score (nSPS) is 23.2. The van der Waals surface area contributed by atoms with Crippen molar-refractivity contribution in [2.75, 3.05) is 4.90 Å². The number of hydrogen-bond donors (Lipinski definition) is 0. The predicted octanol–water partition coefficient (Wildman–Crippen LogP) is 5.96. The highest BCUT2D eigenvalue weighted by Crippen LogP contribution is 2.49. The SMILES string of the molecule is Cc1ccc(N2C(=O)C(Cl)C2(C)N2N=C(c3ccncc3)OC2c2cc3cc(C)ccc3nc2Cl)cc1. The van der Waals surface area contributed by atoms with Gasteiger partial charge < -0.3 is 4.74 Å². The molecule has 4 aromatic rings. The number of hydrazone groups is 1. The summed E-state index contributed by atoms with van der Waals surface area (Å²) in [7, 11) is 0. The summed E-state index contributed by atoms with van der Waals surface area (Å²) in [6.07, 6.45) is 2.56. The molecule has 6 rings (SSSR count). The summed E-state index contributed by atoms with van der Waals surface area (Å²) in [5.41, 5.74) is 4.01. The number of fused-ring (bicyclic) bond motifs is 1. The number of carbonyl (C=O) groups is 1. The van der Waals surface area contributed by atoms with Gasteiger partial charge in [0.05, 0.1) is 11.1 Å². The van der Waals surface area contributed by atoms with Crippen molar-refractivity contribution in [3.63, 3.8) is 0 Å². The summed E-state index contributed by atoms with van der Waals surface area (Å²) in [5.74, 6) is 0.166. The minimum atomic E-state index is -1.04. The van der Waals surface area contributed by atoms with Gasteiger partial charge in [0.15, 0.2) is 11.0 Å². The van der Waals surface area contributed by atoms with Gasteiger partial charge in [-0.15, -0.1) is 16.7 Å². The summed E-state index contributed by atoms with van der Waals surface area (Å²) in [5, 5.41) is 6.94. The van der Waals surface area contributed by atoms with Gasteiger partial charge in [0.2, 0.25) is 12.1 Å². The first kappa shape index (κ1) is 23.7. The second-order valence-corrected chi connectivity index (χ2v) is 10.3. The number of alkyl halides is 1. The highest BCUT2D eigenvalue weighted by molar-refractivity contribution is 6.38. The number of pyridine rings is 2. The van der Waals surface area contributed by atoms with Crippen molar-refractivity contribution in [3.05, 3.63) is 100 Å². The number of aryl methyl sites for hydroxylation is 2. The van der Waals surface area contributed by atoms with Gasteiger partial charge in [-0.1, -0.05) is 40.9 Å². The average molecular weight is 532 g/mol. The van der Waals surface area contributed by atoms with E-state index in [-0.39, 0.29) is 5.91 Å². The molecule has 7 nitrogen and oxygen atoms in total. The molecule has 4 heterocycles. The molecule has 3 atom stereocenters. The Morgan fingerprint density at radius 3 is 2.41 bits per heavy atom. The Labute approximate surface area is 224 Å². The fourth-order valence-electron chi connectivity index (χ4n) is 4.86. The zero-order chi connectivity index (χ0) is 25.9. The van der Waals surface area contributed by atoms with E-state index in [9.17, 15) is 4.79 Å². The number of β-lactam (4-membered cyclic amide) rings is 1. The summed E-state index contributed by atoms with van der Waals surface area (Å²) < 4.78 is 6.44. The number of nitrogens with zero attached hydrogens (tertiary/aromatic N) is 5. The van der Waals surface area contributed by atoms with E-state index in [1.807, 2.05) is 81.4 Å². The summed E-state index contributed by atoms with van der Waals surface area (Å²) in [6.45, 7) is 5.90. The molecule has 2 aliphatic rings. The van der Waals surface area contributed by atoms with Gasteiger partial charge in [0.25, 0.3) is 5.91 Å². The minimum absolute atomic E-state index is 0.210. The van der Waals surface area contributed by atoms with Crippen LogP contribution in [0.1, 0.15) is 35.4 Å². The Balaban J connectivity index is 1.50. The molecule has 2 aromatic carbocycles. The van der Waals surface area contributed by atoms with Crippen molar-refractivity contribution >= 4 is 51.6 Å². The standard InChI is InChI=1S/C28H23Cl2N5O2/c1-16-4-7-20(8-5-16)34-26(36)23(29)28(34,3)35-27(37-25(33-35)18-10-12-31-13-11-18)21-15-19-14-17(2)6-9-22(19)32-24(21)30/h4-15,23,27H,1-3H3. The van der Waals surface area contributed by atoms with Gasteiger partial charge in [-0.2, -0.15) is 0 Å². The van der Waals surface area contributed by atoms with Crippen molar-refractivity contribution in [2.45, 2.75) is 38.0 Å². The second-order valence-electron chi connectivity index (χ2n) is 9.49. The molecule has 1 fully saturated rings. The molecular formula is C28H23Cl2N5O2. The van der Waals surface area contributed by atoms with Crippen LogP contribution in [0.5, 0.6) is 0 Å². The quantitative estimate of drug-likeness (QED) is 0.184. The number of aromatic nitrogens is 2.